The topological polar surface area (TPSA) is 504 Å². The molecule has 0 bridgehead atoms. The Balaban J connectivity index is 1.65. The van der Waals surface area contributed by atoms with Gasteiger partial charge in [-0.15, -0.1) is 0 Å². The van der Waals surface area contributed by atoms with Gasteiger partial charge in [-0.1, -0.05) is 0 Å². The van der Waals surface area contributed by atoms with E-state index in [1.165, 1.54) is 4.72 Å². The normalized spacial score (nSPS) is 40.0. The number of rotatable bonds is 17. The molecule has 0 spiro atoms. The molecule has 4 rings (SSSR count). The van der Waals surface area contributed by atoms with Crippen molar-refractivity contribution in [2.24, 2.45) is 0 Å². The highest BCUT2D eigenvalue weighted by Crippen LogP contribution is 2.35. The average molecular weight is 957 g/mol. The van der Waals surface area contributed by atoms with Gasteiger partial charge in [-0.25, -0.2) is 18.0 Å². The lowest BCUT2D eigenvalue weighted by molar-refractivity contribution is -0.365. The molecule has 1 amide bonds. The van der Waals surface area contributed by atoms with Crippen LogP contribution in [0.4, 0.5) is 0 Å². The zero-order valence-electron chi connectivity index (χ0n) is 30.3. The van der Waals surface area contributed by atoms with Crippen molar-refractivity contribution in [2.45, 2.75) is 117 Å². The summed E-state index contributed by atoms with van der Waals surface area (Å²) in [6, 6.07) is -4.28. The van der Waals surface area contributed by atoms with Crippen LogP contribution in [0.2, 0.25) is 0 Å². The van der Waals surface area contributed by atoms with Gasteiger partial charge in [0.05, 0.1) is 13.2 Å². The summed E-state index contributed by atoms with van der Waals surface area (Å²) in [6.07, 6.45) is -36.4. The van der Waals surface area contributed by atoms with Crippen LogP contribution in [0.5, 0.6) is 0 Å². The molecule has 0 aromatic rings. The number of aliphatic carboxylic acids is 2. The van der Waals surface area contributed by atoms with Crippen molar-refractivity contribution in [1.29, 1.82) is 0 Å². The second-order valence-corrected chi connectivity index (χ2v) is 16.6. The van der Waals surface area contributed by atoms with Crippen LogP contribution in [0.15, 0.2) is 11.8 Å². The number of aliphatic hydroxyl groups is 7. The van der Waals surface area contributed by atoms with Crippen LogP contribution in [0.1, 0.15) is 6.92 Å². The van der Waals surface area contributed by atoms with Gasteiger partial charge in [0.1, 0.15) is 79.2 Å². The standard InChI is InChI=1S/C26H40N2O30S3/c1-5(29)27-11-14(33)18(55-25-12(31)6(30)2-7(53-25)21(36)37)9(4-51-61(47,48)49)54-24(11)57-19-15(34)16(35)26(58-20(19)22(38)39)56-17-8(3-50-60(44,45)46)52-23(40)10(13(17)32)28-59(41,42)43/h2,6,8-20,23-26,28,30-35,40H,3-4H2,1H3,(H,27,29)(H,36,37)(H,38,39)(H,41,42,43)(H,44,45,46)(H,47,48,49)/t6-,8+,9+,10+,11+,12+,13+,14+,15+,16+,17+,18+,19-,20-,23-,24-,25-,26+/m0/s1. The summed E-state index contributed by atoms with van der Waals surface area (Å²) in [6.45, 7) is -1.85. The molecule has 4 heterocycles. The van der Waals surface area contributed by atoms with Gasteiger partial charge in [0.25, 0.3) is 0 Å². The molecule has 0 aliphatic carbocycles. The Morgan fingerprint density at radius 2 is 1.16 bits per heavy atom. The van der Waals surface area contributed by atoms with E-state index in [9.17, 15) is 94.7 Å². The zero-order valence-corrected chi connectivity index (χ0v) is 32.8. The molecule has 3 saturated heterocycles. The fraction of sp³-hybridized carbons (Fsp3) is 0.808. The number of carboxylic acid groups (broad SMARTS) is 2. The first-order valence-electron chi connectivity index (χ1n) is 16.8. The minimum absolute atomic E-state index is 0.563. The van der Waals surface area contributed by atoms with E-state index in [4.69, 9.17) is 37.7 Å². The fourth-order valence-corrected chi connectivity index (χ4v) is 7.42. The predicted octanol–water partition coefficient (Wildman–Crippen LogP) is -9.21. The Morgan fingerprint density at radius 3 is 1.66 bits per heavy atom. The highest BCUT2D eigenvalue weighted by atomic mass is 32.3. The molecular weight excluding hydrogens is 916 g/mol. The molecule has 352 valence electrons. The summed E-state index contributed by atoms with van der Waals surface area (Å²) < 4.78 is 143. The van der Waals surface area contributed by atoms with Crippen LogP contribution < -0.4 is 10.0 Å². The highest BCUT2D eigenvalue weighted by molar-refractivity contribution is 7.83. The SMILES string of the molecule is CC(=O)N[C@H]1[C@H](O[C@H]2[C@H](O)[C@@H](O)[C@H](O[C@H]3[C@H](O)[C@@H](NS(=O)(=O)O)[C@@H](O)O[C@@H]3COS(=O)(=O)O)O[C@@H]2C(=O)O)O[C@H](COS(=O)(=O)O)[C@@H](O[C@@H]2OC(C(=O)O)=C[C@H](O)[C@H]2O)[C@@H]1O. The number of carbonyl (C=O) groups is 3. The highest BCUT2D eigenvalue weighted by Gasteiger charge is 2.57. The van der Waals surface area contributed by atoms with Crippen molar-refractivity contribution >= 4 is 48.9 Å². The monoisotopic (exact) mass is 956 g/mol. The smallest absolute Gasteiger partial charge is 0.397 e. The number of aliphatic hydroxyl groups excluding tert-OH is 7. The molecule has 3 fully saturated rings. The van der Waals surface area contributed by atoms with Gasteiger partial charge >= 0.3 is 43.0 Å². The summed E-state index contributed by atoms with van der Waals surface area (Å²) >= 11 is 0. The van der Waals surface area contributed by atoms with E-state index in [2.05, 4.69) is 13.7 Å². The van der Waals surface area contributed by atoms with Gasteiger partial charge in [-0.2, -0.15) is 30.0 Å². The van der Waals surface area contributed by atoms with Crippen molar-refractivity contribution < 1.29 is 141 Å². The molecule has 0 saturated carbocycles. The number of hydrogen-bond donors (Lipinski definition) is 14. The first kappa shape index (κ1) is 50.7. The quantitative estimate of drug-likeness (QED) is 0.0602. The lowest BCUT2D eigenvalue weighted by Gasteiger charge is -2.49. The number of hydrogen-bond acceptors (Lipinski definition) is 25. The number of carbonyl (C=O) groups excluding carboxylic acids is 1. The number of nitrogens with one attached hydrogen (secondary N) is 2. The number of amides is 1. The maximum atomic E-state index is 12.5. The van der Waals surface area contributed by atoms with E-state index in [1.54, 1.807) is 0 Å². The molecular formula is C26H40N2O30S3. The molecule has 35 heteroatoms. The molecule has 4 aliphatic rings. The van der Waals surface area contributed by atoms with Crippen LogP contribution >= 0.6 is 0 Å². The maximum Gasteiger partial charge on any atom is 0.397 e. The van der Waals surface area contributed by atoms with E-state index in [0.29, 0.717) is 6.08 Å². The summed E-state index contributed by atoms with van der Waals surface area (Å²) in [5.41, 5.74) is 0. The van der Waals surface area contributed by atoms with Crippen molar-refractivity contribution in [3.63, 3.8) is 0 Å². The molecule has 14 N–H and O–H groups in total. The van der Waals surface area contributed by atoms with Gasteiger partial charge in [-0.05, 0) is 6.08 Å². The van der Waals surface area contributed by atoms with Gasteiger partial charge < -0.3 is 84.4 Å². The van der Waals surface area contributed by atoms with Crippen LogP contribution in [0, 0.1) is 0 Å². The Bertz CT molecular complexity index is 1950. The predicted molar refractivity (Wildman–Crippen MR) is 178 cm³/mol. The first-order chi connectivity index (χ1) is 28.0. The summed E-state index contributed by atoms with van der Waals surface area (Å²) in [4.78, 5) is 36.3. The fourth-order valence-electron chi connectivity index (χ4n) is 6.21. The van der Waals surface area contributed by atoms with E-state index >= 15 is 0 Å². The Kier molecular flexibility index (Phi) is 16.5. The van der Waals surface area contributed by atoms with Crippen molar-refractivity contribution in [3.8, 4) is 0 Å². The zero-order chi connectivity index (χ0) is 46.1. The molecule has 61 heavy (non-hydrogen) atoms. The van der Waals surface area contributed by atoms with E-state index in [1.807, 2.05) is 0 Å². The molecule has 32 nitrogen and oxygen atoms in total. The van der Waals surface area contributed by atoms with Crippen LogP contribution in [0.25, 0.3) is 0 Å². The number of carboxylic acids is 2. The minimum Gasteiger partial charge on any atom is -0.479 e. The van der Waals surface area contributed by atoms with Crippen molar-refractivity contribution in [3.05, 3.63) is 11.8 Å². The van der Waals surface area contributed by atoms with Gasteiger partial charge in [0.2, 0.25) is 18.0 Å². The minimum atomic E-state index is -5.36. The van der Waals surface area contributed by atoms with Crippen LogP contribution in [-0.4, -0.2) is 226 Å². The summed E-state index contributed by atoms with van der Waals surface area (Å²) in [5.74, 6) is -5.84. The Morgan fingerprint density at radius 1 is 0.656 bits per heavy atom. The van der Waals surface area contributed by atoms with Gasteiger partial charge in [-0.3, -0.25) is 18.5 Å². The van der Waals surface area contributed by atoms with E-state index < -0.39 is 178 Å². The second kappa shape index (κ2) is 19.8. The second-order valence-electron chi connectivity index (χ2n) is 13.2. The first-order valence-corrected chi connectivity index (χ1v) is 20.9. The van der Waals surface area contributed by atoms with Crippen LogP contribution in [0.3, 0.4) is 0 Å². The average Bonchev–Trinajstić information content (AvgIpc) is 3.12. The molecule has 0 aromatic heterocycles. The van der Waals surface area contributed by atoms with Crippen LogP contribution in [-0.2, 0) is 87.0 Å². The molecule has 4 aliphatic heterocycles. The van der Waals surface area contributed by atoms with Crippen molar-refractivity contribution in [2.75, 3.05) is 13.2 Å². The van der Waals surface area contributed by atoms with Crippen molar-refractivity contribution in [1.82, 2.24) is 10.0 Å². The Hall–Kier alpha value is -2.96. The lowest BCUT2D eigenvalue weighted by atomic mass is 9.94. The number of ether oxygens (including phenoxy) is 7. The van der Waals surface area contributed by atoms with E-state index in [0.717, 1.165) is 6.92 Å². The van der Waals surface area contributed by atoms with E-state index in [-0.39, 0.29) is 0 Å². The Labute approximate surface area is 341 Å². The largest absolute Gasteiger partial charge is 0.479 e. The molecule has 18 atom stereocenters. The summed E-state index contributed by atoms with van der Waals surface area (Å²) in [5, 5.41) is 97.0. The lowest BCUT2D eigenvalue weighted by Crippen LogP contribution is -2.70. The molecule has 0 unspecified atom stereocenters. The third kappa shape index (κ3) is 13.3. The maximum absolute atomic E-state index is 12.5. The molecule has 0 radical (unpaired) electrons. The molecule has 0 aromatic carbocycles. The third-order valence-electron chi connectivity index (χ3n) is 8.85. The summed E-state index contributed by atoms with van der Waals surface area (Å²) in [7, 11) is -15.9. The third-order valence-corrected chi connectivity index (χ3v) is 10.3. The van der Waals surface area contributed by atoms with Gasteiger partial charge in [0, 0.05) is 6.92 Å². The van der Waals surface area contributed by atoms with Gasteiger partial charge in [0.15, 0.2) is 25.0 Å².